The zero-order valence-electron chi connectivity index (χ0n) is 33.1. The Labute approximate surface area is 324 Å². The molecule has 4 aromatic rings. The van der Waals surface area contributed by atoms with Gasteiger partial charge in [0.15, 0.2) is 0 Å². The van der Waals surface area contributed by atoms with E-state index >= 15 is 0 Å². The van der Waals surface area contributed by atoms with Crippen LogP contribution in [0.15, 0.2) is 60.7 Å². The molecule has 0 saturated carbocycles. The fraction of sp³-hybridized carbons (Fsp3) is 0.512. The lowest BCUT2D eigenvalue weighted by Crippen LogP contribution is -2.48. The van der Waals surface area contributed by atoms with Crippen LogP contribution in [-0.2, 0) is 45.1 Å². The molecule has 12 nitrogen and oxygen atoms in total. The number of carbonyl (C=O) groups is 3. The first-order valence-corrected chi connectivity index (χ1v) is 19.7. The molecule has 1 aromatic heterocycles. The molecular formula is C43H56N6O6. The molecule has 1 atom stereocenters. The lowest BCUT2D eigenvalue weighted by atomic mass is 9.83. The Morgan fingerprint density at radius 3 is 2.33 bits per heavy atom. The fourth-order valence-electron chi connectivity index (χ4n) is 7.53. The Morgan fingerprint density at radius 2 is 1.58 bits per heavy atom. The van der Waals surface area contributed by atoms with Gasteiger partial charge in [-0.25, -0.2) is 14.3 Å². The van der Waals surface area contributed by atoms with E-state index in [1.807, 2.05) is 62.7 Å². The molecule has 0 N–H and O–H groups in total. The molecule has 2 aliphatic rings. The van der Waals surface area contributed by atoms with Crippen LogP contribution in [0, 0.1) is 6.92 Å². The maximum Gasteiger partial charge on any atom is 0.410 e. The number of nitrogens with zero attached hydrogens (tertiary/aromatic N) is 6. The van der Waals surface area contributed by atoms with Crippen LogP contribution in [-0.4, -0.2) is 99.3 Å². The first kappa shape index (κ1) is 39.7. The minimum Gasteiger partial charge on any atom is -0.466 e. The van der Waals surface area contributed by atoms with Gasteiger partial charge in [-0.3, -0.25) is 9.69 Å². The van der Waals surface area contributed by atoms with Crippen LogP contribution in [0.1, 0.15) is 92.7 Å². The predicted octanol–water partition coefficient (Wildman–Crippen LogP) is 7.24. The van der Waals surface area contributed by atoms with Gasteiger partial charge in [-0.1, -0.05) is 66.2 Å². The molecule has 3 heterocycles. The number of amides is 2. The number of esters is 1. The first-order valence-electron chi connectivity index (χ1n) is 19.7. The number of carbonyl (C=O) groups excluding carboxylic acids is 3. The molecule has 3 aromatic carbocycles. The molecule has 6 rings (SSSR count). The molecule has 1 saturated heterocycles. The number of piperazine rings is 1. The smallest absolute Gasteiger partial charge is 0.410 e. The van der Waals surface area contributed by atoms with Gasteiger partial charge in [0.2, 0.25) is 0 Å². The third-order valence-corrected chi connectivity index (χ3v) is 10.5. The van der Waals surface area contributed by atoms with Crippen LogP contribution < -0.4 is 0 Å². The highest BCUT2D eigenvalue weighted by atomic mass is 16.6. The second-order valence-corrected chi connectivity index (χ2v) is 15.6. The predicted molar refractivity (Wildman–Crippen MR) is 211 cm³/mol. The molecule has 12 heteroatoms. The molecular weight excluding hydrogens is 697 g/mol. The van der Waals surface area contributed by atoms with E-state index in [1.54, 1.807) is 9.80 Å². The molecule has 1 unspecified atom stereocenters. The zero-order chi connectivity index (χ0) is 39.0. The molecule has 0 spiro atoms. The Kier molecular flexibility index (Phi) is 13.1. The number of aromatic nitrogens is 3. The molecule has 294 valence electrons. The van der Waals surface area contributed by atoms with E-state index in [0.717, 1.165) is 90.7 Å². The van der Waals surface area contributed by atoms with Crippen LogP contribution >= 0.6 is 0 Å². The lowest BCUT2D eigenvalue weighted by molar-refractivity contribution is -0.143. The van der Waals surface area contributed by atoms with E-state index in [-0.39, 0.29) is 30.5 Å². The second-order valence-electron chi connectivity index (χ2n) is 15.6. The Bertz CT molecular complexity index is 1930. The third-order valence-electron chi connectivity index (χ3n) is 10.5. The van der Waals surface area contributed by atoms with Crippen LogP contribution in [0.4, 0.5) is 9.59 Å². The fourth-order valence-corrected chi connectivity index (χ4v) is 7.53. The molecule has 55 heavy (non-hydrogen) atoms. The van der Waals surface area contributed by atoms with Gasteiger partial charge in [0.05, 0.1) is 18.5 Å². The molecule has 0 radical (unpaired) electrons. The van der Waals surface area contributed by atoms with Gasteiger partial charge in [-0.2, -0.15) is 0 Å². The quantitative estimate of drug-likeness (QED) is 0.0791. The maximum absolute atomic E-state index is 13.0. The van der Waals surface area contributed by atoms with Gasteiger partial charge in [0, 0.05) is 51.7 Å². The van der Waals surface area contributed by atoms with Gasteiger partial charge >= 0.3 is 18.2 Å². The summed E-state index contributed by atoms with van der Waals surface area (Å²) in [6.07, 6.45) is 3.49. The number of aryl methyl sites for hydroxylation is 2. The van der Waals surface area contributed by atoms with Crippen molar-refractivity contribution >= 4 is 29.2 Å². The van der Waals surface area contributed by atoms with Crippen molar-refractivity contribution in [2.24, 2.45) is 0 Å². The van der Waals surface area contributed by atoms with Crippen molar-refractivity contribution in [2.45, 2.75) is 97.9 Å². The summed E-state index contributed by atoms with van der Waals surface area (Å²) >= 11 is 0. The third kappa shape index (κ3) is 10.4. The summed E-state index contributed by atoms with van der Waals surface area (Å²) < 4.78 is 18.6. The summed E-state index contributed by atoms with van der Waals surface area (Å²) in [5.74, 6) is -0.510. The minimum absolute atomic E-state index is 0.191. The van der Waals surface area contributed by atoms with E-state index in [4.69, 9.17) is 14.2 Å². The highest BCUT2D eigenvalue weighted by Gasteiger charge is 2.29. The standard InChI is InChI=1S/C43H56N6O6/c1-6-53-39(50)28-37(34-16-15-33-19-22-48(29-35(33)27-34)42(52)55-43(3,4)5)36-17-18-38-40(31(36)2)44-45-49(38)21-12-8-11-20-46-23-25-47(26-24-46)41(51)54-30-32-13-9-7-10-14-32/h7,9-10,13-18,27,37H,6,8,11-12,19-26,28-30H2,1-5H3. The summed E-state index contributed by atoms with van der Waals surface area (Å²) in [6, 6.07) is 20.3. The number of hydrogen-bond acceptors (Lipinski definition) is 9. The molecule has 2 aliphatic heterocycles. The Hall–Kier alpha value is -4.97. The number of benzene rings is 3. The summed E-state index contributed by atoms with van der Waals surface area (Å²) in [4.78, 5) is 44.4. The average Bonchev–Trinajstić information content (AvgIpc) is 3.59. The highest BCUT2D eigenvalue weighted by Crippen LogP contribution is 2.36. The number of fused-ring (bicyclic) bond motifs is 2. The lowest BCUT2D eigenvalue weighted by Gasteiger charge is -2.34. The average molecular weight is 753 g/mol. The normalized spacial score (nSPS) is 15.4. The Morgan fingerprint density at radius 1 is 0.818 bits per heavy atom. The van der Waals surface area contributed by atoms with Crippen molar-refractivity contribution < 1.29 is 28.6 Å². The van der Waals surface area contributed by atoms with Crippen LogP contribution in [0.25, 0.3) is 11.0 Å². The van der Waals surface area contributed by atoms with Crippen molar-refractivity contribution in [1.82, 2.24) is 29.7 Å². The first-order chi connectivity index (χ1) is 26.5. The highest BCUT2D eigenvalue weighted by molar-refractivity contribution is 5.80. The Balaban J connectivity index is 1.04. The molecule has 0 aliphatic carbocycles. The van der Waals surface area contributed by atoms with Crippen molar-refractivity contribution in [2.75, 3.05) is 45.9 Å². The zero-order valence-corrected chi connectivity index (χ0v) is 33.1. The summed E-state index contributed by atoms with van der Waals surface area (Å²) in [5, 5.41) is 9.15. The topological polar surface area (TPSA) is 119 Å². The number of hydrogen-bond donors (Lipinski definition) is 0. The van der Waals surface area contributed by atoms with Gasteiger partial charge in [0.25, 0.3) is 0 Å². The molecule has 0 bridgehead atoms. The van der Waals surface area contributed by atoms with Crippen LogP contribution in [0.3, 0.4) is 0 Å². The molecule has 2 amide bonds. The van der Waals surface area contributed by atoms with Crippen molar-refractivity contribution in [3.05, 3.63) is 94.0 Å². The van der Waals surface area contributed by atoms with E-state index in [0.29, 0.717) is 39.4 Å². The van der Waals surface area contributed by atoms with E-state index in [2.05, 4.69) is 52.5 Å². The van der Waals surface area contributed by atoms with Crippen molar-refractivity contribution in [3.8, 4) is 0 Å². The summed E-state index contributed by atoms with van der Waals surface area (Å²) in [7, 11) is 0. The monoisotopic (exact) mass is 752 g/mol. The summed E-state index contributed by atoms with van der Waals surface area (Å²) in [6.45, 7) is 16.0. The van der Waals surface area contributed by atoms with Crippen molar-refractivity contribution in [3.63, 3.8) is 0 Å². The number of ether oxygens (including phenoxy) is 3. The van der Waals surface area contributed by atoms with Gasteiger partial charge in [0.1, 0.15) is 17.7 Å². The number of rotatable bonds is 13. The minimum atomic E-state index is -0.567. The van der Waals surface area contributed by atoms with Crippen LogP contribution in [0.2, 0.25) is 0 Å². The van der Waals surface area contributed by atoms with Gasteiger partial charge < -0.3 is 24.0 Å². The van der Waals surface area contributed by atoms with Crippen LogP contribution in [0.5, 0.6) is 0 Å². The SMILES string of the molecule is CCOC(=O)CC(c1ccc2c(c1)CN(C(=O)OC(C)(C)C)CC2)c1ccc2c(nnn2CCCCCN2CCN(C(=O)OCc3ccccc3)CC2)c1C. The molecule has 1 fully saturated rings. The van der Waals surface area contributed by atoms with E-state index in [1.165, 1.54) is 5.56 Å². The second kappa shape index (κ2) is 18.1. The van der Waals surface area contributed by atoms with Crippen molar-refractivity contribution in [1.29, 1.82) is 0 Å². The van der Waals surface area contributed by atoms with E-state index in [9.17, 15) is 14.4 Å². The maximum atomic E-state index is 13.0. The largest absolute Gasteiger partial charge is 0.466 e. The van der Waals surface area contributed by atoms with Gasteiger partial charge in [-0.05, 0) is 99.9 Å². The van der Waals surface area contributed by atoms with Gasteiger partial charge in [-0.15, -0.1) is 5.10 Å². The summed E-state index contributed by atoms with van der Waals surface area (Å²) in [5.41, 5.74) is 7.50. The van der Waals surface area contributed by atoms with E-state index < -0.39 is 5.60 Å². The number of unbranched alkanes of at least 4 members (excludes halogenated alkanes) is 2.